The van der Waals surface area contributed by atoms with Gasteiger partial charge in [0.25, 0.3) is 0 Å². The van der Waals surface area contributed by atoms with Crippen LogP contribution in [0.3, 0.4) is 0 Å². The van der Waals surface area contributed by atoms with Crippen LogP contribution < -0.4 is 14.2 Å². The highest BCUT2D eigenvalue weighted by atomic mass is 16.5. The molecule has 246 valence electrons. The van der Waals surface area contributed by atoms with Crippen LogP contribution in [0.2, 0.25) is 0 Å². The minimum absolute atomic E-state index is 0.698. The summed E-state index contributed by atoms with van der Waals surface area (Å²) in [6.07, 6.45) is 2.09. The molecule has 3 heteroatoms. The van der Waals surface area contributed by atoms with Gasteiger partial charge in [0.15, 0.2) is 0 Å². The lowest BCUT2D eigenvalue weighted by atomic mass is 9.92. The molecule has 0 unspecified atom stereocenters. The molecule has 0 N–H and O–H groups in total. The summed E-state index contributed by atoms with van der Waals surface area (Å²) < 4.78 is 17.8. The van der Waals surface area contributed by atoms with Crippen molar-refractivity contribution >= 4 is 0 Å². The van der Waals surface area contributed by atoms with Crippen molar-refractivity contribution in [2.24, 2.45) is 0 Å². The van der Waals surface area contributed by atoms with Crippen LogP contribution in [-0.2, 0) is 19.3 Å². The van der Waals surface area contributed by atoms with Gasteiger partial charge in [-0.3, -0.25) is 0 Å². The van der Waals surface area contributed by atoms with Crippen LogP contribution in [0.15, 0.2) is 127 Å². The van der Waals surface area contributed by atoms with Gasteiger partial charge in [-0.2, -0.15) is 0 Å². The molecule has 0 fully saturated rings. The molecule has 0 amide bonds. The summed E-state index contributed by atoms with van der Waals surface area (Å²) in [5, 5.41) is 0. The number of fused-ring (bicyclic) bond motifs is 3. The molecule has 0 atom stereocenters. The van der Waals surface area contributed by atoms with E-state index in [0.29, 0.717) is 19.3 Å². The Kier molecular flexibility index (Phi) is 9.88. The first-order chi connectivity index (χ1) is 25.1. The van der Waals surface area contributed by atoms with E-state index in [1.807, 2.05) is 91.0 Å². The number of hydrogen-bond acceptors (Lipinski definition) is 3. The maximum Gasteiger partial charge on any atom is 0.134 e. The molecule has 0 aliphatic heterocycles. The Balaban J connectivity index is 1.41. The van der Waals surface area contributed by atoms with Gasteiger partial charge in [-0.25, -0.2) is 0 Å². The first kappa shape index (κ1) is 32.9. The monoisotopic (exact) mass is 660 g/mol. The van der Waals surface area contributed by atoms with Crippen molar-refractivity contribution in [2.45, 2.75) is 19.3 Å². The minimum Gasteiger partial charge on any atom is -0.495 e. The van der Waals surface area contributed by atoms with Gasteiger partial charge in [0.2, 0.25) is 0 Å². The molecule has 0 aromatic heterocycles. The highest BCUT2D eigenvalue weighted by molar-refractivity contribution is 5.61. The summed E-state index contributed by atoms with van der Waals surface area (Å²) in [4.78, 5) is 0. The number of methoxy groups -OCH3 is 3. The van der Waals surface area contributed by atoms with E-state index in [-0.39, 0.29) is 0 Å². The molecular formula is C48H36O3. The summed E-state index contributed by atoms with van der Waals surface area (Å²) in [5.41, 5.74) is 12.5. The van der Waals surface area contributed by atoms with E-state index < -0.39 is 0 Å². The smallest absolute Gasteiger partial charge is 0.134 e. The van der Waals surface area contributed by atoms with Gasteiger partial charge < -0.3 is 14.2 Å². The zero-order valence-corrected chi connectivity index (χ0v) is 29.0. The third-order valence-electron chi connectivity index (χ3n) is 9.05. The summed E-state index contributed by atoms with van der Waals surface area (Å²) in [7, 11) is 5.12. The fourth-order valence-corrected chi connectivity index (χ4v) is 6.39. The molecule has 3 nitrogen and oxygen atoms in total. The van der Waals surface area contributed by atoms with E-state index in [9.17, 15) is 0 Å². The van der Waals surface area contributed by atoms with E-state index in [2.05, 4.69) is 71.9 Å². The fraction of sp³-hybridized carbons (Fsp3) is 0.125. The lowest BCUT2D eigenvalue weighted by Gasteiger charge is -2.15. The Morgan fingerprint density at radius 3 is 0.843 bits per heavy atom. The minimum atomic E-state index is 0.698. The Hall–Kier alpha value is -6.60. The Morgan fingerprint density at radius 2 is 0.588 bits per heavy atom. The average Bonchev–Trinajstić information content (AvgIpc) is 3.24. The molecule has 51 heavy (non-hydrogen) atoms. The van der Waals surface area contributed by atoms with Gasteiger partial charge in [-0.05, 0) is 125 Å². The Labute approximate surface area is 300 Å². The fourth-order valence-electron chi connectivity index (χ4n) is 6.39. The van der Waals surface area contributed by atoms with Crippen molar-refractivity contribution in [3.8, 4) is 52.8 Å². The highest BCUT2D eigenvalue weighted by Gasteiger charge is 2.21. The van der Waals surface area contributed by atoms with Gasteiger partial charge in [0.05, 0.1) is 38.0 Å². The van der Waals surface area contributed by atoms with E-state index in [1.165, 1.54) is 33.4 Å². The average molecular weight is 661 g/mol. The normalized spacial score (nSPS) is 11.1. The van der Waals surface area contributed by atoms with Crippen LogP contribution in [0.25, 0.3) is 0 Å². The lowest BCUT2D eigenvalue weighted by molar-refractivity contribution is 0.412. The first-order valence-corrected chi connectivity index (χ1v) is 16.9. The van der Waals surface area contributed by atoms with Crippen molar-refractivity contribution < 1.29 is 14.2 Å². The second-order valence-corrected chi connectivity index (χ2v) is 12.3. The largest absolute Gasteiger partial charge is 0.495 e. The van der Waals surface area contributed by atoms with Crippen molar-refractivity contribution in [2.75, 3.05) is 21.3 Å². The predicted octanol–water partition coefficient (Wildman–Crippen LogP) is 9.00. The predicted molar refractivity (Wildman–Crippen MR) is 205 cm³/mol. The molecule has 0 spiro atoms. The summed E-state index contributed by atoms with van der Waals surface area (Å²) >= 11 is 0. The molecule has 0 radical (unpaired) electrons. The number of ether oxygens (including phenoxy) is 3. The molecular weight excluding hydrogens is 625 g/mol. The SMILES string of the molecule is COc1cc2c(cc1C#Cc1ccccc1)Cc1cc(OC)c(C#Cc3ccccc3)cc1Cc1cc(OC)c(C#Cc3ccccc3)cc1C2. The molecule has 6 aromatic rings. The third-order valence-corrected chi connectivity index (χ3v) is 9.05. The van der Waals surface area contributed by atoms with Crippen molar-refractivity contribution in [1.29, 1.82) is 0 Å². The molecule has 0 saturated heterocycles. The second kappa shape index (κ2) is 15.3. The van der Waals surface area contributed by atoms with Gasteiger partial charge in [-0.15, -0.1) is 0 Å². The van der Waals surface area contributed by atoms with Gasteiger partial charge in [-0.1, -0.05) is 90.1 Å². The Morgan fingerprint density at radius 1 is 0.333 bits per heavy atom. The van der Waals surface area contributed by atoms with Crippen LogP contribution in [0, 0.1) is 35.5 Å². The van der Waals surface area contributed by atoms with Crippen LogP contribution in [-0.4, -0.2) is 21.3 Å². The summed E-state index contributed by atoms with van der Waals surface area (Å²) in [6, 6.07) is 43.1. The lowest BCUT2D eigenvalue weighted by Crippen LogP contribution is -2.02. The van der Waals surface area contributed by atoms with E-state index in [4.69, 9.17) is 14.2 Å². The van der Waals surface area contributed by atoms with Crippen LogP contribution in [0.5, 0.6) is 17.2 Å². The van der Waals surface area contributed by atoms with Crippen LogP contribution in [0.4, 0.5) is 0 Å². The summed E-state index contributed by atoms with van der Waals surface area (Å²) in [6.45, 7) is 0. The first-order valence-electron chi connectivity index (χ1n) is 16.9. The van der Waals surface area contributed by atoms with Crippen LogP contribution >= 0.6 is 0 Å². The second-order valence-electron chi connectivity index (χ2n) is 12.3. The van der Waals surface area contributed by atoms with Gasteiger partial charge >= 0.3 is 0 Å². The van der Waals surface area contributed by atoms with Crippen molar-refractivity contribution in [1.82, 2.24) is 0 Å². The standard InChI is InChI=1S/C48H36O3/c1-49-46-31-43-28-41-26-38(23-20-35-15-9-5-10-16-35)48(51-3)33-45(41)30-42-27-39(24-21-36-17-11-6-12-18-36)47(50-2)32-44(42)29-40(43)25-37(46)22-19-34-13-7-4-8-14-34/h4-18,25-27,31-33H,28-30H2,1-3H3. The van der Waals surface area contributed by atoms with Crippen LogP contribution in [0.1, 0.15) is 66.8 Å². The maximum absolute atomic E-state index is 5.94. The number of benzene rings is 6. The zero-order chi connectivity index (χ0) is 35.0. The third kappa shape index (κ3) is 7.68. The molecule has 0 saturated carbocycles. The molecule has 1 aliphatic rings. The quantitative estimate of drug-likeness (QED) is 0.177. The topological polar surface area (TPSA) is 27.7 Å². The summed E-state index contributed by atoms with van der Waals surface area (Å²) in [5.74, 6) is 22.4. The molecule has 1 aliphatic carbocycles. The van der Waals surface area contributed by atoms with E-state index in [0.717, 1.165) is 50.6 Å². The number of rotatable bonds is 3. The van der Waals surface area contributed by atoms with Gasteiger partial charge in [0.1, 0.15) is 17.2 Å². The molecule has 6 aromatic carbocycles. The Bertz CT molecular complexity index is 2120. The molecule has 0 heterocycles. The van der Waals surface area contributed by atoms with E-state index >= 15 is 0 Å². The van der Waals surface area contributed by atoms with Crippen molar-refractivity contribution in [3.63, 3.8) is 0 Å². The maximum atomic E-state index is 5.94. The molecule has 7 rings (SSSR count). The molecule has 0 bridgehead atoms. The van der Waals surface area contributed by atoms with E-state index in [1.54, 1.807) is 21.3 Å². The van der Waals surface area contributed by atoms with Gasteiger partial charge in [0, 0.05) is 16.7 Å². The number of hydrogen-bond donors (Lipinski definition) is 0. The van der Waals surface area contributed by atoms with Crippen molar-refractivity contribution in [3.05, 3.63) is 194 Å². The highest BCUT2D eigenvalue weighted by Crippen LogP contribution is 2.36. The zero-order valence-electron chi connectivity index (χ0n) is 29.0.